The summed E-state index contributed by atoms with van der Waals surface area (Å²) in [5.41, 5.74) is 5.73. The van der Waals surface area contributed by atoms with Crippen LogP contribution in [0.2, 0.25) is 0 Å². The topological polar surface area (TPSA) is 26.0 Å². The van der Waals surface area contributed by atoms with Gasteiger partial charge in [-0.1, -0.05) is 13.8 Å². The zero-order chi connectivity index (χ0) is 11.3. The maximum absolute atomic E-state index is 13.6. The summed E-state index contributed by atoms with van der Waals surface area (Å²) in [6, 6.07) is 3.59. The molecule has 1 saturated carbocycles. The Morgan fingerprint density at radius 1 is 1.33 bits per heavy atom. The summed E-state index contributed by atoms with van der Waals surface area (Å²) >= 11 is 0. The van der Waals surface area contributed by atoms with Gasteiger partial charge in [-0.25, -0.2) is 8.78 Å². The second kappa shape index (κ2) is 3.01. The van der Waals surface area contributed by atoms with E-state index in [4.69, 9.17) is 5.73 Å². The van der Waals surface area contributed by atoms with Gasteiger partial charge in [0.05, 0.1) is 0 Å². The summed E-state index contributed by atoms with van der Waals surface area (Å²) in [5, 5.41) is 0. The molecule has 1 aromatic carbocycles. The molecule has 15 heavy (non-hydrogen) atoms. The Morgan fingerprint density at radius 3 is 2.40 bits per heavy atom. The van der Waals surface area contributed by atoms with E-state index in [1.165, 1.54) is 12.1 Å². The van der Waals surface area contributed by atoms with Gasteiger partial charge in [0.15, 0.2) is 0 Å². The quantitative estimate of drug-likeness (QED) is 0.799. The first kappa shape index (κ1) is 10.6. The van der Waals surface area contributed by atoms with Gasteiger partial charge in [0.1, 0.15) is 11.6 Å². The number of halogens is 2. The van der Waals surface area contributed by atoms with Crippen molar-refractivity contribution in [1.82, 2.24) is 0 Å². The molecule has 2 rings (SSSR count). The van der Waals surface area contributed by atoms with Crippen LogP contribution in [-0.4, -0.2) is 6.54 Å². The minimum absolute atomic E-state index is 0.0314. The first-order chi connectivity index (χ1) is 6.93. The lowest BCUT2D eigenvalue weighted by Crippen LogP contribution is -2.26. The number of nitrogens with two attached hydrogens (primary N) is 1. The van der Waals surface area contributed by atoms with Gasteiger partial charge in [-0.05, 0) is 35.6 Å². The lowest BCUT2D eigenvalue weighted by atomic mass is 9.87. The predicted molar refractivity (Wildman–Crippen MR) is 55.5 cm³/mol. The molecular weight excluding hydrogens is 196 g/mol. The van der Waals surface area contributed by atoms with E-state index in [9.17, 15) is 8.78 Å². The molecule has 0 heterocycles. The zero-order valence-corrected chi connectivity index (χ0v) is 8.98. The molecule has 0 aliphatic heterocycles. The Balaban J connectivity index is 2.50. The van der Waals surface area contributed by atoms with Crippen LogP contribution in [0.1, 0.15) is 25.8 Å². The molecule has 1 aromatic rings. The molecule has 3 heteroatoms. The van der Waals surface area contributed by atoms with E-state index in [-0.39, 0.29) is 16.6 Å². The Kier molecular flexibility index (Phi) is 2.12. The van der Waals surface area contributed by atoms with E-state index >= 15 is 0 Å². The molecule has 0 spiro atoms. The predicted octanol–water partition coefficient (Wildman–Crippen LogP) is 2.59. The lowest BCUT2D eigenvalue weighted by Gasteiger charge is -2.19. The van der Waals surface area contributed by atoms with Gasteiger partial charge in [0.2, 0.25) is 0 Å². The molecule has 1 nitrogen and oxygen atoms in total. The van der Waals surface area contributed by atoms with Crippen LogP contribution in [0.3, 0.4) is 0 Å². The molecule has 0 saturated heterocycles. The molecule has 0 amide bonds. The van der Waals surface area contributed by atoms with Crippen molar-refractivity contribution in [3.05, 3.63) is 35.4 Å². The maximum atomic E-state index is 13.6. The number of benzene rings is 1. The Hall–Kier alpha value is -0.960. The molecule has 2 N–H and O–H groups in total. The van der Waals surface area contributed by atoms with E-state index in [1.807, 2.05) is 13.8 Å². The summed E-state index contributed by atoms with van der Waals surface area (Å²) in [4.78, 5) is 0. The van der Waals surface area contributed by atoms with Crippen molar-refractivity contribution in [2.45, 2.75) is 25.7 Å². The van der Waals surface area contributed by atoms with Crippen molar-refractivity contribution in [3.8, 4) is 0 Å². The molecular formula is C12H15F2N. The van der Waals surface area contributed by atoms with E-state index in [1.54, 1.807) is 0 Å². The average Bonchev–Trinajstić information content (AvgIpc) is 2.74. The molecule has 1 aliphatic rings. The summed E-state index contributed by atoms with van der Waals surface area (Å²) in [6.07, 6.45) is 0.816. The first-order valence-corrected chi connectivity index (χ1v) is 5.08. The minimum Gasteiger partial charge on any atom is -0.330 e. The third-order valence-electron chi connectivity index (χ3n) is 3.71. The minimum atomic E-state index is -0.401. The van der Waals surface area contributed by atoms with Gasteiger partial charge in [0, 0.05) is 12.0 Å². The SMILES string of the molecule is CC1(C)CC1(CN)c1cc(F)ccc1F. The van der Waals surface area contributed by atoms with Crippen LogP contribution in [0.25, 0.3) is 0 Å². The molecule has 0 radical (unpaired) electrons. The summed E-state index contributed by atoms with van der Waals surface area (Å²) < 4.78 is 26.7. The fraction of sp³-hybridized carbons (Fsp3) is 0.500. The van der Waals surface area contributed by atoms with Crippen molar-refractivity contribution in [2.24, 2.45) is 11.1 Å². The van der Waals surface area contributed by atoms with E-state index < -0.39 is 5.82 Å². The second-order valence-electron chi connectivity index (χ2n) is 4.97. The number of hydrogen-bond acceptors (Lipinski definition) is 1. The first-order valence-electron chi connectivity index (χ1n) is 5.08. The monoisotopic (exact) mass is 211 g/mol. The van der Waals surface area contributed by atoms with Crippen LogP contribution in [0.15, 0.2) is 18.2 Å². The van der Waals surface area contributed by atoms with Crippen LogP contribution < -0.4 is 5.73 Å². The average molecular weight is 211 g/mol. The highest BCUT2D eigenvalue weighted by atomic mass is 19.1. The fourth-order valence-corrected chi connectivity index (χ4v) is 2.49. The standard InChI is InChI=1S/C12H15F2N/c1-11(2)6-12(11,7-15)9-5-8(13)3-4-10(9)14/h3-5H,6-7,15H2,1-2H3. The van der Waals surface area contributed by atoms with Crippen LogP contribution in [-0.2, 0) is 5.41 Å². The normalized spacial score (nSPS) is 27.8. The van der Waals surface area contributed by atoms with Gasteiger partial charge in [0.25, 0.3) is 0 Å². The molecule has 1 fully saturated rings. The van der Waals surface area contributed by atoms with Gasteiger partial charge in [-0.2, -0.15) is 0 Å². The number of rotatable bonds is 2. The summed E-state index contributed by atoms with van der Waals surface area (Å²) in [6.45, 7) is 4.43. The van der Waals surface area contributed by atoms with E-state index in [0.717, 1.165) is 12.5 Å². The van der Waals surface area contributed by atoms with Crippen LogP contribution in [0, 0.1) is 17.0 Å². The van der Waals surface area contributed by atoms with E-state index in [0.29, 0.717) is 12.1 Å². The van der Waals surface area contributed by atoms with Crippen molar-refractivity contribution in [3.63, 3.8) is 0 Å². The van der Waals surface area contributed by atoms with Gasteiger partial charge >= 0.3 is 0 Å². The highest BCUT2D eigenvalue weighted by molar-refractivity contribution is 5.38. The molecule has 0 aromatic heterocycles. The highest BCUT2D eigenvalue weighted by Crippen LogP contribution is 2.64. The van der Waals surface area contributed by atoms with Gasteiger partial charge < -0.3 is 5.73 Å². The smallest absolute Gasteiger partial charge is 0.127 e. The third-order valence-corrected chi connectivity index (χ3v) is 3.71. The number of hydrogen-bond donors (Lipinski definition) is 1. The molecule has 1 unspecified atom stereocenters. The van der Waals surface area contributed by atoms with E-state index in [2.05, 4.69) is 0 Å². The summed E-state index contributed by atoms with van der Waals surface area (Å²) in [5.74, 6) is -0.755. The molecule has 1 atom stereocenters. The van der Waals surface area contributed by atoms with Crippen molar-refractivity contribution in [1.29, 1.82) is 0 Å². The fourth-order valence-electron chi connectivity index (χ4n) is 2.49. The lowest BCUT2D eigenvalue weighted by molar-refractivity contribution is 0.472. The van der Waals surface area contributed by atoms with Crippen LogP contribution >= 0.6 is 0 Å². The summed E-state index contributed by atoms with van der Waals surface area (Å²) in [7, 11) is 0. The Morgan fingerprint density at radius 2 is 1.93 bits per heavy atom. The van der Waals surface area contributed by atoms with Crippen LogP contribution in [0.5, 0.6) is 0 Å². The zero-order valence-electron chi connectivity index (χ0n) is 8.98. The van der Waals surface area contributed by atoms with Crippen molar-refractivity contribution in [2.75, 3.05) is 6.54 Å². The largest absolute Gasteiger partial charge is 0.330 e. The Labute approximate surface area is 88.3 Å². The van der Waals surface area contributed by atoms with Crippen molar-refractivity contribution >= 4 is 0 Å². The molecule has 82 valence electrons. The third kappa shape index (κ3) is 1.37. The van der Waals surface area contributed by atoms with Crippen LogP contribution in [0.4, 0.5) is 8.78 Å². The molecule has 0 bridgehead atoms. The van der Waals surface area contributed by atoms with Crippen molar-refractivity contribution < 1.29 is 8.78 Å². The molecule has 1 aliphatic carbocycles. The highest BCUT2D eigenvalue weighted by Gasteiger charge is 2.62. The van der Waals surface area contributed by atoms with Gasteiger partial charge in [-0.3, -0.25) is 0 Å². The Bertz CT molecular complexity index is 401. The van der Waals surface area contributed by atoms with Gasteiger partial charge in [-0.15, -0.1) is 0 Å². The maximum Gasteiger partial charge on any atom is 0.127 e. The second-order valence-corrected chi connectivity index (χ2v) is 4.97.